The summed E-state index contributed by atoms with van der Waals surface area (Å²) in [6.45, 7) is 6.33. The Morgan fingerprint density at radius 3 is 2.71 bits per heavy atom. The van der Waals surface area contributed by atoms with Crippen molar-refractivity contribution in [3.63, 3.8) is 0 Å². The summed E-state index contributed by atoms with van der Waals surface area (Å²) in [5.41, 5.74) is 6.76. The highest BCUT2D eigenvalue weighted by Crippen LogP contribution is 2.33. The van der Waals surface area contributed by atoms with Crippen LogP contribution in [0.1, 0.15) is 13.3 Å². The van der Waals surface area contributed by atoms with Gasteiger partial charge in [0.15, 0.2) is 0 Å². The van der Waals surface area contributed by atoms with Crippen LogP contribution < -0.4 is 16.2 Å². The van der Waals surface area contributed by atoms with Gasteiger partial charge < -0.3 is 19.9 Å². The number of hydrogen-bond donors (Lipinski definition) is 1. The highest BCUT2D eigenvalue weighted by atomic mass is 79.9. The maximum absolute atomic E-state index is 11.3. The van der Waals surface area contributed by atoms with Gasteiger partial charge in [-0.15, -0.1) is 0 Å². The molecule has 2 saturated heterocycles. The minimum Gasteiger partial charge on any atom is -0.399 e. The number of aromatic nitrogens is 2. The Balaban J connectivity index is 0.000000254. The van der Waals surface area contributed by atoms with Crippen LogP contribution in [0, 0.1) is 10.1 Å². The largest absolute Gasteiger partial charge is 0.399 e. The number of nitro benzene ring substituents is 1. The summed E-state index contributed by atoms with van der Waals surface area (Å²) in [6, 6.07) is 5.65. The first-order valence-electron chi connectivity index (χ1n) is 10.1. The molecule has 4 rings (SSSR count). The third kappa shape index (κ3) is 5.81. The summed E-state index contributed by atoms with van der Waals surface area (Å²) in [7, 11) is 1.68. The van der Waals surface area contributed by atoms with E-state index in [4.69, 9.17) is 10.5 Å². The van der Waals surface area contributed by atoms with Crippen molar-refractivity contribution in [2.24, 2.45) is 7.05 Å². The second-order valence-electron chi connectivity index (χ2n) is 7.72. The van der Waals surface area contributed by atoms with E-state index in [0.717, 1.165) is 39.3 Å². The molecule has 1 unspecified atom stereocenters. The van der Waals surface area contributed by atoms with Crippen LogP contribution in [0.2, 0.25) is 0 Å². The van der Waals surface area contributed by atoms with Crippen LogP contribution >= 0.6 is 15.9 Å². The van der Waals surface area contributed by atoms with E-state index in [2.05, 4.69) is 37.6 Å². The van der Waals surface area contributed by atoms with Gasteiger partial charge in [0.2, 0.25) is 0 Å². The molecule has 2 atom stereocenters. The third-order valence-corrected chi connectivity index (χ3v) is 5.94. The minimum absolute atomic E-state index is 0.0875. The number of benzene rings is 1. The average Bonchev–Trinajstić information content (AvgIpc) is 3.26. The van der Waals surface area contributed by atoms with Crippen molar-refractivity contribution >= 4 is 33.0 Å². The van der Waals surface area contributed by atoms with Crippen LogP contribution in [0.4, 0.5) is 17.1 Å². The van der Waals surface area contributed by atoms with Crippen molar-refractivity contribution in [1.82, 2.24) is 14.5 Å². The van der Waals surface area contributed by atoms with Crippen LogP contribution in [0.3, 0.4) is 0 Å². The molecule has 2 aliphatic rings. The van der Waals surface area contributed by atoms with E-state index in [-0.39, 0.29) is 22.2 Å². The number of hydrogen-bond acceptors (Lipinski definition) is 8. The lowest BCUT2D eigenvalue weighted by Gasteiger charge is -2.43. The van der Waals surface area contributed by atoms with Gasteiger partial charge in [-0.25, -0.2) is 4.98 Å². The standard InChI is InChI=1S/C15H22N4O3.C5H5BrN2O/c1-11-9-17(13-4-7-22-10-13)5-6-18(11)14-3-2-12(16)8-15(14)19(20)21;1-8-3-4(6)7-2-5(8)9/h2-3,8,11,13H,4-7,9-10,16H2,1H3;2-3H,1H3/t11-,13?;/m0./s1. The fourth-order valence-corrected chi connectivity index (χ4v) is 4.29. The molecule has 3 heterocycles. The fraction of sp³-hybridized carbons (Fsp3) is 0.500. The van der Waals surface area contributed by atoms with E-state index >= 15 is 0 Å². The van der Waals surface area contributed by atoms with Gasteiger partial charge >= 0.3 is 0 Å². The number of nitrogens with two attached hydrogens (primary N) is 1. The molecule has 0 radical (unpaired) electrons. The van der Waals surface area contributed by atoms with Gasteiger partial charge in [0.05, 0.1) is 17.7 Å². The second-order valence-corrected chi connectivity index (χ2v) is 8.53. The normalized spacial score (nSPS) is 21.5. The SMILES string of the molecule is C[C@H]1CN(C2CCOC2)CCN1c1ccc(N)cc1[N+](=O)[O-].Cn1cc(Br)ncc1=O. The zero-order valence-corrected chi connectivity index (χ0v) is 19.2. The smallest absolute Gasteiger partial charge is 0.294 e. The summed E-state index contributed by atoms with van der Waals surface area (Å²) in [4.78, 5) is 29.9. The van der Waals surface area contributed by atoms with Crippen LogP contribution in [0.15, 0.2) is 40.0 Å². The first-order chi connectivity index (χ1) is 14.8. The molecule has 11 heteroatoms. The monoisotopic (exact) mass is 494 g/mol. The lowest BCUT2D eigenvalue weighted by Crippen LogP contribution is -2.55. The predicted molar refractivity (Wildman–Crippen MR) is 122 cm³/mol. The maximum atomic E-state index is 11.3. The number of halogens is 1. The van der Waals surface area contributed by atoms with Crippen LogP contribution in [-0.4, -0.2) is 64.3 Å². The Morgan fingerprint density at radius 2 is 2.13 bits per heavy atom. The molecule has 1 aromatic carbocycles. The maximum Gasteiger partial charge on any atom is 0.294 e. The van der Waals surface area contributed by atoms with Crippen LogP contribution in [-0.2, 0) is 11.8 Å². The second kappa shape index (κ2) is 10.2. The summed E-state index contributed by atoms with van der Waals surface area (Å²) >= 11 is 3.13. The van der Waals surface area contributed by atoms with E-state index in [9.17, 15) is 14.9 Å². The molecule has 2 aliphatic heterocycles. The Kier molecular flexibility index (Phi) is 7.63. The van der Waals surface area contributed by atoms with Crippen LogP contribution in [0.25, 0.3) is 0 Å². The number of nitrogens with zero attached hydrogens (tertiary/aromatic N) is 5. The lowest BCUT2D eigenvalue weighted by molar-refractivity contribution is -0.384. The van der Waals surface area contributed by atoms with Crippen molar-refractivity contribution in [2.45, 2.75) is 25.4 Å². The minimum atomic E-state index is -0.352. The van der Waals surface area contributed by atoms with Gasteiger partial charge in [-0.3, -0.25) is 19.8 Å². The molecule has 10 nitrogen and oxygen atoms in total. The first-order valence-corrected chi connectivity index (χ1v) is 10.9. The molecule has 0 amide bonds. The van der Waals surface area contributed by atoms with Crippen molar-refractivity contribution in [2.75, 3.05) is 43.5 Å². The zero-order chi connectivity index (χ0) is 22.5. The van der Waals surface area contributed by atoms with Gasteiger partial charge in [-0.05, 0) is 41.4 Å². The molecule has 0 aliphatic carbocycles. The Bertz CT molecular complexity index is 978. The zero-order valence-electron chi connectivity index (χ0n) is 17.6. The number of aryl methyl sites for hydroxylation is 1. The van der Waals surface area contributed by atoms with Gasteiger partial charge in [-0.2, -0.15) is 0 Å². The Labute approximate surface area is 188 Å². The summed E-state index contributed by atoms with van der Waals surface area (Å²) in [6.07, 6.45) is 3.96. The number of nitro groups is 1. The molecular weight excluding hydrogens is 468 g/mol. The number of piperazine rings is 1. The van der Waals surface area contributed by atoms with Crippen molar-refractivity contribution in [3.8, 4) is 0 Å². The van der Waals surface area contributed by atoms with Crippen LogP contribution in [0.5, 0.6) is 0 Å². The molecule has 0 spiro atoms. The number of anilines is 2. The van der Waals surface area contributed by atoms with Gasteiger partial charge in [0.1, 0.15) is 10.3 Å². The van der Waals surface area contributed by atoms with Crippen molar-refractivity contribution in [1.29, 1.82) is 0 Å². The summed E-state index contributed by atoms with van der Waals surface area (Å²) in [5.74, 6) is 0. The van der Waals surface area contributed by atoms with E-state index in [0.29, 0.717) is 22.0 Å². The first kappa shape index (κ1) is 23.2. The number of nitrogen functional groups attached to an aromatic ring is 1. The quantitative estimate of drug-likeness (QED) is 0.390. The highest BCUT2D eigenvalue weighted by Gasteiger charge is 2.32. The Morgan fingerprint density at radius 1 is 1.35 bits per heavy atom. The molecule has 168 valence electrons. The molecule has 1 aromatic heterocycles. The van der Waals surface area contributed by atoms with Crippen molar-refractivity contribution < 1.29 is 9.66 Å². The Hall–Kier alpha value is -2.50. The topological polar surface area (TPSA) is 120 Å². The summed E-state index contributed by atoms with van der Waals surface area (Å²) in [5, 5.41) is 11.3. The summed E-state index contributed by atoms with van der Waals surface area (Å²) < 4.78 is 7.59. The van der Waals surface area contributed by atoms with Gasteiger partial charge in [-0.1, -0.05) is 0 Å². The van der Waals surface area contributed by atoms with E-state index in [1.165, 1.54) is 16.8 Å². The molecule has 2 fully saturated rings. The molecule has 0 saturated carbocycles. The number of rotatable bonds is 3. The number of ether oxygens (including phenoxy) is 1. The van der Waals surface area contributed by atoms with Crippen molar-refractivity contribution in [3.05, 3.63) is 55.7 Å². The van der Waals surface area contributed by atoms with Gasteiger partial charge in [0.25, 0.3) is 11.2 Å². The average molecular weight is 495 g/mol. The molecule has 0 bridgehead atoms. The predicted octanol–water partition coefficient (Wildman–Crippen LogP) is 2.02. The molecule has 31 heavy (non-hydrogen) atoms. The molecule has 2 N–H and O–H groups in total. The van der Waals surface area contributed by atoms with E-state index < -0.39 is 0 Å². The fourth-order valence-electron chi connectivity index (χ4n) is 3.88. The third-order valence-electron chi connectivity index (χ3n) is 5.53. The van der Waals surface area contributed by atoms with E-state index in [1.807, 2.05) is 0 Å². The highest BCUT2D eigenvalue weighted by molar-refractivity contribution is 9.10. The van der Waals surface area contributed by atoms with Gasteiger partial charge in [0, 0.05) is 63.3 Å². The van der Waals surface area contributed by atoms with E-state index in [1.54, 1.807) is 25.4 Å². The molecule has 2 aromatic rings. The molecular formula is C20H27BrN6O4. The lowest BCUT2D eigenvalue weighted by atomic mass is 10.1.